The lowest BCUT2D eigenvalue weighted by Gasteiger charge is -2.39. The number of hydrogen-bond donors (Lipinski definition) is 2. The Hall–Kier alpha value is -0.910. The molecule has 1 unspecified atom stereocenters. The van der Waals surface area contributed by atoms with Crippen LogP contribution in [0.25, 0.3) is 0 Å². The molecule has 1 aromatic carbocycles. The molecule has 1 aliphatic carbocycles. The third-order valence-electron chi connectivity index (χ3n) is 4.33. The van der Waals surface area contributed by atoms with Gasteiger partial charge in [-0.25, -0.2) is 13.6 Å². The molecule has 20 heavy (non-hydrogen) atoms. The molecule has 0 aliphatic heterocycles. The number of primary sulfonamides is 1. The Morgan fingerprint density at radius 1 is 1.40 bits per heavy atom. The van der Waals surface area contributed by atoms with Crippen LogP contribution >= 0.6 is 0 Å². The van der Waals surface area contributed by atoms with Gasteiger partial charge in [0.2, 0.25) is 10.0 Å². The van der Waals surface area contributed by atoms with Gasteiger partial charge in [-0.2, -0.15) is 0 Å². The highest BCUT2D eigenvalue weighted by molar-refractivity contribution is 7.89. The van der Waals surface area contributed by atoms with E-state index in [2.05, 4.69) is 19.2 Å². The molecule has 0 spiro atoms. The second kappa shape index (κ2) is 5.84. The topological polar surface area (TPSA) is 72.2 Å². The molecule has 112 valence electrons. The zero-order valence-electron chi connectivity index (χ0n) is 12.2. The zero-order chi connectivity index (χ0) is 14.8. The first kappa shape index (κ1) is 15.5. The smallest absolute Gasteiger partial charge is 0.238 e. The molecule has 3 N–H and O–H groups in total. The fraction of sp³-hybridized carbons (Fsp3) is 0.600. The van der Waals surface area contributed by atoms with Crippen LogP contribution in [0.15, 0.2) is 29.2 Å². The van der Waals surface area contributed by atoms with Crippen LogP contribution < -0.4 is 10.5 Å². The maximum absolute atomic E-state index is 11.4. The van der Waals surface area contributed by atoms with E-state index in [1.165, 1.54) is 19.3 Å². The minimum Gasteiger partial charge on any atom is -0.309 e. The Morgan fingerprint density at radius 3 is 2.60 bits per heavy atom. The molecule has 4 nitrogen and oxygen atoms in total. The van der Waals surface area contributed by atoms with Crippen molar-refractivity contribution in [2.24, 2.45) is 10.6 Å². The molecule has 0 radical (unpaired) electrons. The molecule has 0 heterocycles. The lowest BCUT2D eigenvalue weighted by molar-refractivity contribution is 0.150. The molecule has 0 saturated heterocycles. The largest absolute Gasteiger partial charge is 0.309 e. The molecule has 5 heteroatoms. The molecule has 1 aliphatic rings. The zero-order valence-corrected chi connectivity index (χ0v) is 13.0. The molecule has 1 saturated carbocycles. The Morgan fingerprint density at radius 2 is 2.10 bits per heavy atom. The summed E-state index contributed by atoms with van der Waals surface area (Å²) >= 11 is 0. The number of hydrogen-bond acceptors (Lipinski definition) is 3. The average Bonchev–Trinajstić information content (AvgIpc) is 2.37. The summed E-state index contributed by atoms with van der Waals surface area (Å²) in [5.74, 6) is 0. The summed E-state index contributed by atoms with van der Waals surface area (Å²) in [6, 6.07) is 7.11. The predicted octanol–water partition coefficient (Wildman–Crippen LogP) is 2.56. The number of nitrogens with two attached hydrogens (primary N) is 1. The fourth-order valence-electron chi connectivity index (χ4n) is 2.73. The van der Waals surface area contributed by atoms with Gasteiger partial charge in [-0.15, -0.1) is 0 Å². The lowest BCUT2D eigenvalue weighted by atomic mass is 9.70. The molecule has 1 fully saturated rings. The molecule has 0 amide bonds. The van der Waals surface area contributed by atoms with E-state index in [4.69, 9.17) is 5.14 Å². The maximum atomic E-state index is 11.4. The Bertz CT molecular complexity index is 565. The average molecular weight is 296 g/mol. The van der Waals surface area contributed by atoms with Crippen molar-refractivity contribution in [1.29, 1.82) is 0 Å². The number of benzene rings is 1. The van der Waals surface area contributed by atoms with Gasteiger partial charge in [0.1, 0.15) is 0 Å². The summed E-state index contributed by atoms with van der Waals surface area (Å²) in [6.07, 6.45) is 4.78. The van der Waals surface area contributed by atoms with E-state index >= 15 is 0 Å². The number of rotatable bonds is 6. The van der Waals surface area contributed by atoms with Crippen LogP contribution in [0.5, 0.6) is 0 Å². The van der Waals surface area contributed by atoms with Crippen molar-refractivity contribution in [1.82, 2.24) is 5.32 Å². The van der Waals surface area contributed by atoms with Gasteiger partial charge in [0.15, 0.2) is 0 Å². The molecular formula is C15H24N2O2S. The van der Waals surface area contributed by atoms with Crippen molar-refractivity contribution in [2.45, 2.75) is 50.5 Å². The van der Waals surface area contributed by atoms with E-state index in [1.807, 2.05) is 6.07 Å². The van der Waals surface area contributed by atoms with Gasteiger partial charge in [0.25, 0.3) is 0 Å². The molecule has 0 bridgehead atoms. The standard InChI is InChI=1S/C15H24N2O2S/c1-3-14(17-11-15(2)8-5-9-15)12-6-4-7-13(10-12)20(16,18)19/h4,6-7,10,14,17H,3,5,8-9,11H2,1-2H3,(H2,16,18,19). The minimum absolute atomic E-state index is 0.175. The minimum atomic E-state index is -3.63. The molecule has 0 aromatic heterocycles. The van der Waals surface area contributed by atoms with Crippen LogP contribution in [0, 0.1) is 5.41 Å². The highest BCUT2D eigenvalue weighted by Crippen LogP contribution is 2.40. The first-order valence-corrected chi connectivity index (χ1v) is 8.75. The van der Waals surface area contributed by atoms with Crippen LogP contribution in [0.4, 0.5) is 0 Å². The van der Waals surface area contributed by atoms with Gasteiger partial charge >= 0.3 is 0 Å². The summed E-state index contributed by atoms with van der Waals surface area (Å²) in [6.45, 7) is 5.38. The first-order chi connectivity index (χ1) is 9.34. The van der Waals surface area contributed by atoms with Crippen LogP contribution in [0.2, 0.25) is 0 Å². The quantitative estimate of drug-likeness (QED) is 0.847. The van der Waals surface area contributed by atoms with Crippen LogP contribution in [-0.2, 0) is 10.0 Å². The van der Waals surface area contributed by atoms with Crippen molar-refractivity contribution >= 4 is 10.0 Å². The van der Waals surface area contributed by atoms with Crippen LogP contribution in [0.3, 0.4) is 0 Å². The summed E-state index contributed by atoms with van der Waals surface area (Å²) < 4.78 is 22.9. The van der Waals surface area contributed by atoms with E-state index in [0.29, 0.717) is 5.41 Å². The van der Waals surface area contributed by atoms with Gasteiger partial charge in [-0.05, 0) is 42.4 Å². The van der Waals surface area contributed by atoms with Gasteiger partial charge in [-0.3, -0.25) is 0 Å². The molecule has 2 rings (SSSR count). The lowest BCUT2D eigenvalue weighted by Crippen LogP contribution is -2.38. The summed E-state index contributed by atoms with van der Waals surface area (Å²) in [5.41, 5.74) is 1.40. The van der Waals surface area contributed by atoms with Gasteiger partial charge in [0.05, 0.1) is 4.90 Å². The van der Waals surface area contributed by atoms with Crippen molar-refractivity contribution in [3.8, 4) is 0 Å². The van der Waals surface area contributed by atoms with Crippen LogP contribution in [0.1, 0.15) is 51.1 Å². The summed E-state index contributed by atoms with van der Waals surface area (Å²) in [7, 11) is -3.63. The Labute approximate surface area is 121 Å². The molecular weight excluding hydrogens is 272 g/mol. The van der Waals surface area contributed by atoms with Crippen molar-refractivity contribution < 1.29 is 8.42 Å². The number of sulfonamides is 1. The van der Waals surface area contributed by atoms with E-state index in [0.717, 1.165) is 18.5 Å². The predicted molar refractivity (Wildman–Crippen MR) is 80.8 cm³/mol. The van der Waals surface area contributed by atoms with E-state index < -0.39 is 10.0 Å². The monoisotopic (exact) mass is 296 g/mol. The van der Waals surface area contributed by atoms with E-state index in [1.54, 1.807) is 18.2 Å². The maximum Gasteiger partial charge on any atom is 0.238 e. The van der Waals surface area contributed by atoms with E-state index in [-0.39, 0.29) is 10.9 Å². The van der Waals surface area contributed by atoms with Gasteiger partial charge in [0, 0.05) is 12.6 Å². The Kier molecular flexibility index (Phi) is 4.52. The van der Waals surface area contributed by atoms with Crippen molar-refractivity contribution in [2.75, 3.05) is 6.54 Å². The van der Waals surface area contributed by atoms with Crippen LogP contribution in [-0.4, -0.2) is 15.0 Å². The Balaban J connectivity index is 2.11. The van der Waals surface area contributed by atoms with Crippen molar-refractivity contribution in [3.63, 3.8) is 0 Å². The number of nitrogens with one attached hydrogen (secondary N) is 1. The highest BCUT2D eigenvalue weighted by Gasteiger charge is 2.31. The second-order valence-corrected chi connectivity index (χ2v) is 7.68. The summed E-state index contributed by atoms with van der Waals surface area (Å²) in [5, 5.41) is 8.76. The molecule has 1 atom stereocenters. The van der Waals surface area contributed by atoms with E-state index in [9.17, 15) is 8.42 Å². The SMILES string of the molecule is CCC(NCC1(C)CCC1)c1cccc(S(N)(=O)=O)c1. The molecule has 1 aromatic rings. The van der Waals surface area contributed by atoms with Crippen molar-refractivity contribution in [3.05, 3.63) is 29.8 Å². The first-order valence-electron chi connectivity index (χ1n) is 7.20. The summed E-state index contributed by atoms with van der Waals surface area (Å²) in [4.78, 5) is 0.185. The van der Waals surface area contributed by atoms with Gasteiger partial charge in [-0.1, -0.05) is 32.4 Å². The van der Waals surface area contributed by atoms with Gasteiger partial charge < -0.3 is 5.32 Å². The third kappa shape index (κ3) is 3.59. The normalized spacial score (nSPS) is 19.4. The fourth-order valence-corrected chi connectivity index (χ4v) is 3.30. The third-order valence-corrected chi connectivity index (χ3v) is 5.24. The second-order valence-electron chi connectivity index (χ2n) is 6.12. The highest BCUT2D eigenvalue weighted by atomic mass is 32.2.